The molecular weight excluding hydrogens is 485 g/mol. The molecule has 0 aliphatic carbocycles. The molecule has 33 heavy (non-hydrogen) atoms. The highest BCUT2D eigenvalue weighted by atomic mass is 35.5. The van der Waals surface area contributed by atoms with Crippen molar-refractivity contribution in [2.75, 3.05) is 18.0 Å². The lowest BCUT2D eigenvalue weighted by Gasteiger charge is -2.24. The fourth-order valence-corrected chi connectivity index (χ4v) is 4.82. The molecule has 0 spiro atoms. The fourth-order valence-electron chi connectivity index (χ4n) is 2.90. The minimum absolute atomic E-state index is 0.0249. The van der Waals surface area contributed by atoms with Gasteiger partial charge in [0.15, 0.2) is 0 Å². The van der Waals surface area contributed by atoms with Crippen molar-refractivity contribution in [3.8, 4) is 5.75 Å². The topological polar surface area (TPSA) is 88.1 Å². The Labute approximate surface area is 202 Å². The van der Waals surface area contributed by atoms with Gasteiger partial charge in [-0.05, 0) is 55.0 Å². The number of nitrogens with one attached hydrogen (secondary N) is 1. The molecule has 3 rings (SSSR count). The molecule has 0 radical (unpaired) electrons. The van der Waals surface area contributed by atoms with E-state index in [9.17, 15) is 13.2 Å². The normalized spacial score (nSPS) is 11.4. The molecule has 0 saturated carbocycles. The first kappa shape index (κ1) is 24.6. The Morgan fingerprint density at radius 2 is 1.73 bits per heavy atom. The van der Waals surface area contributed by atoms with Crippen LogP contribution in [0.25, 0.3) is 0 Å². The molecule has 0 unspecified atom stereocenters. The summed E-state index contributed by atoms with van der Waals surface area (Å²) in [7, 11) is -2.55. The second-order valence-corrected chi connectivity index (χ2v) is 9.76. The number of nitrogens with zero attached hydrogens (tertiary/aromatic N) is 2. The van der Waals surface area contributed by atoms with E-state index in [1.165, 1.54) is 36.5 Å². The van der Waals surface area contributed by atoms with Gasteiger partial charge in [0.2, 0.25) is 0 Å². The summed E-state index contributed by atoms with van der Waals surface area (Å²) < 4.78 is 32.8. The van der Waals surface area contributed by atoms with Crippen molar-refractivity contribution in [2.24, 2.45) is 5.10 Å². The maximum Gasteiger partial charge on any atom is 0.264 e. The van der Waals surface area contributed by atoms with Crippen molar-refractivity contribution < 1.29 is 17.9 Å². The van der Waals surface area contributed by atoms with Gasteiger partial charge >= 0.3 is 0 Å². The van der Waals surface area contributed by atoms with Crippen LogP contribution in [-0.4, -0.2) is 34.2 Å². The van der Waals surface area contributed by atoms with Gasteiger partial charge in [0, 0.05) is 10.0 Å². The number of sulfonamides is 1. The van der Waals surface area contributed by atoms with Crippen LogP contribution >= 0.6 is 23.2 Å². The smallest absolute Gasteiger partial charge is 0.264 e. The summed E-state index contributed by atoms with van der Waals surface area (Å²) in [5.74, 6) is -0.0144. The van der Waals surface area contributed by atoms with Gasteiger partial charge in [-0.25, -0.2) is 13.8 Å². The average molecular weight is 506 g/mol. The molecule has 172 valence electrons. The lowest BCUT2D eigenvalue weighted by molar-refractivity contribution is -0.119. The molecule has 1 N–H and O–H groups in total. The molecule has 0 aromatic heterocycles. The Balaban J connectivity index is 1.87. The number of carbonyl (C=O) groups is 1. The summed E-state index contributed by atoms with van der Waals surface area (Å²) in [4.78, 5) is 12.6. The molecule has 0 bridgehead atoms. The van der Waals surface area contributed by atoms with Crippen molar-refractivity contribution in [3.63, 3.8) is 0 Å². The number of rotatable bonds is 8. The number of amides is 1. The van der Waals surface area contributed by atoms with Gasteiger partial charge < -0.3 is 4.74 Å². The summed E-state index contributed by atoms with van der Waals surface area (Å²) in [5, 5.41) is 4.38. The standard InChI is InChI=1S/C23H21Cl2N3O4S/c1-16-6-8-22(9-7-16)33(30,31)28(20-12-18(24)11-19(25)13-20)15-23(29)27-26-14-17-4-3-5-21(10-17)32-2/h3-14H,15H2,1-2H3,(H,27,29)/b26-14-. The fraction of sp³-hybridized carbons (Fsp3) is 0.130. The minimum atomic E-state index is -4.10. The highest BCUT2D eigenvalue weighted by Crippen LogP contribution is 2.29. The monoisotopic (exact) mass is 505 g/mol. The van der Waals surface area contributed by atoms with Crippen LogP contribution in [0.3, 0.4) is 0 Å². The van der Waals surface area contributed by atoms with Gasteiger partial charge in [0.1, 0.15) is 12.3 Å². The summed E-state index contributed by atoms with van der Waals surface area (Å²) in [6, 6.07) is 17.7. The molecule has 0 heterocycles. The quantitative estimate of drug-likeness (QED) is 0.356. The van der Waals surface area contributed by atoms with E-state index in [2.05, 4.69) is 10.5 Å². The van der Waals surface area contributed by atoms with Crippen molar-refractivity contribution in [2.45, 2.75) is 11.8 Å². The number of hydrazone groups is 1. The maximum atomic E-state index is 13.4. The Kier molecular flexibility index (Phi) is 7.97. The first-order valence-electron chi connectivity index (χ1n) is 9.70. The predicted octanol–water partition coefficient (Wildman–Crippen LogP) is 4.66. The van der Waals surface area contributed by atoms with Gasteiger partial charge in [0.25, 0.3) is 15.9 Å². The van der Waals surface area contributed by atoms with Crippen molar-refractivity contribution in [3.05, 3.63) is 87.9 Å². The lowest BCUT2D eigenvalue weighted by Crippen LogP contribution is -2.39. The van der Waals surface area contributed by atoms with Crippen molar-refractivity contribution >= 4 is 51.0 Å². The van der Waals surface area contributed by atoms with Crippen LogP contribution in [0.1, 0.15) is 11.1 Å². The largest absolute Gasteiger partial charge is 0.497 e. The zero-order valence-electron chi connectivity index (χ0n) is 17.8. The molecule has 0 aliphatic heterocycles. The van der Waals surface area contributed by atoms with E-state index in [1.54, 1.807) is 43.5 Å². The van der Waals surface area contributed by atoms with Crippen LogP contribution < -0.4 is 14.5 Å². The zero-order chi connectivity index (χ0) is 24.0. The lowest BCUT2D eigenvalue weighted by atomic mass is 10.2. The summed E-state index contributed by atoms with van der Waals surface area (Å²) in [5.41, 5.74) is 4.09. The van der Waals surface area contributed by atoms with Gasteiger partial charge in [-0.1, -0.05) is 53.0 Å². The molecule has 7 nitrogen and oxygen atoms in total. The first-order valence-corrected chi connectivity index (χ1v) is 11.9. The van der Waals surface area contributed by atoms with Crippen LogP contribution in [-0.2, 0) is 14.8 Å². The molecule has 3 aromatic carbocycles. The number of hydrogen-bond donors (Lipinski definition) is 1. The van der Waals surface area contributed by atoms with E-state index >= 15 is 0 Å². The van der Waals surface area contributed by atoms with Crippen LogP contribution in [0.5, 0.6) is 5.75 Å². The summed E-state index contributed by atoms with van der Waals surface area (Å²) in [6.07, 6.45) is 1.43. The molecule has 0 atom stereocenters. The number of ether oxygens (including phenoxy) is 1. The number of aryl methyl sites for hydroxylation is 1. The van der Waals surface area contributed by atoms with Crippen molar-refractivity contribution in [1.29, 1.82) is 0 Å². The van der Waals surface area contributed by atoms with Crippen molar-refractivity contribution in [1.82, 2.24) is 5.43 Å². The number of anilines is 1. The van der Waals surface area contributed by atoms with Gasteiger partial charge in [-0.3, -0.25) is 9.10 Å². The van der Waals surface area contributed by atoms with Crippen LogP contribution in [0.4, 0.5) is 5.69 Å². The van der Waals surface area contributed by atoms with E-state index < -0.39 is 22.5 Å². The van der Waals surface area contributed by atoms with Gasteiger partial charge in [0.05, 0.1) is 23.9 Å². The highest BCUT2D eigenvalue weighted by Gasteiger charge is 2.27. The third-order valence-corrected chi connectivity index (χ3v) is 6.75. The third kappa shape index (κ3) is 6.47. The molecule has 1 amide bonds. The zero-order valence-corrected chi connectivity index (χ0v) is 20.2. The Morgan fingerprint density at radius 1 is 1.06 bits per heavy atom. The Hall–Kier alpha value is -3.07. The van der Waals surface area contributed by atoms with Gasteiger partial charge in [-0.2, -0.15) is 5.10 Å². The summed E-state index contributed by atoms with van der Waals surface area (Å²) >= 11 is 12.2. The average Bonchev–Trinajstić information content (AvgIpc) is 2.77. The van der Waals surface area contributed by atoms with E-state index in [0.717, 1.165) is 9.87 Å². The molecule has 10 heteroatoms. The summed E-state index contributed by atoms with van der Waals surface area (Å²) in [6.45, 7) is 1.31. The minimum Gasteiger partial charge on any atom is -0.497 e. The third-order valence-electron chi connectivity index (χ3n) is 4.53. The second kappa shape index (κ2) is 10.7. The molecular formula is C23H21Cl2N3O4S. The number of benzene rings is 3. The maximum absolute atomic E-state index is 13.4. The van der Waals surface area contributed by atoms with E-state index in [-0.39, 0.29) is 20.6 Å². The molecule has 0 aliphatic rings. The number of carbonyl (C=O) groups excluding carboxylic acids is 1. The number of halogens is 2. The Bertz CT molecular complexity index is 1260. The van der Waals surface area contributed by atoms with Crippen LogP contribution in [0.15, 0.2) is 76.7 Å². The Morgan fingerprint density at radius 3 is 2.36 bits per heavy atom. The predicted molar refractivity (Wildman–Crippen MR) is 131 cm³/mol. The van der Waals surface area contributed by atoms with Gasteiger partial charge in [-0.15, -0.1) is 0 Å². The highest BCUT2D eigenvalue weighted by molar-refractivity contribution is 7.92. The second-order valence-electron chi connectivity index (χ2n) is 7.02. The number of methoxy groups -OCH3 is 1. The van der Waals surface area contributed by atoms with E-state index in [1.807, 2.05) is 6.92 Å². The number of hydrogen-bond acceptors (Lipinski definition) is 5. The van der Waals surface area contributed by atoms with Crippen LogP contribution in [0.2, 0.25) is 10.0 Å². The SMILES string of the molecule is COc1cccc(/C=N\NC(=O)CN(c2cc(Cl)cc(Cl)c2)S(=O)(=O)c2ccc(C)cc2)c1. The van der Waals surface area contributed by atoms with Crippen LogP contribution in [0, 0.1) is 6.92 Å². The van der Waals surface area contributed by atoms with E-state index in [4.69, 9.17) is 27.9 Å². The molecule has 3 aromatic rings. The van der Waals surface area contributed by atoms with E-state index in [0.29, 0.717) is 11.3 Å². The molecule has 0 saturated heterocycles. The first-order chi connectivity index (χ1) is 15.7. The molecule has 0 fully saturated rings.